The molecule has 136 valence electrons. The number of halogens is 1. The molecule has 0 saturated carbocycles. The molecule has 0 saturated heterocycles. The number of aromatic nitrogens is 2. The Hall–Kier alpha value is -2.33. The first-order chi connectivity index (χ1) is 13.1. The van der Waals surface area contributed by atoms with Crippen LogP contribution in [0, 0.1) is 5.41 Å². The molecule has 2 aromatic heterocycles. The molecular formula is C23H22BrN3. The summed E-state index contributed by atoms with van der Waals surface area (Å²) in [6.45, 7) is 3.06. The van der Waals surface area contributed by atoms with Crippen LogP contribution in [0.5, 0.6) is 0 Å². The van der Waals surface area contributed by atoms with Crippen LogP contribution in [-0.4, -0.2) is 15.3 Å². The molecule has 3 heterocycles. The van der Waals surface area contributed by atoms with Gasteiger partial charge < -0.3 is 15.0 Å². The summed E-state index contributed by atoms with van der Waals surface area (Å²) < 4.78 is 3.46. The molecule has 0 fully saturated rings. The Bertz CT molecular complexity index is 1180. The lowest BCUT2D eigenvalue weighted by molar-refractivity contribution is 0.635. The quantitative estimate of drug-likeness (QED) is 0.370. The minimum Gasteiger partial charge on any atom is -0.361 e. The number of rotatable bonds is 4. The molecule has 0 radical (unpaired) electrons. The van der Waals surface area contributed by atoms with Crippen LogP contribution in [0.15, 0.2) is 53.3 Å². The summed E-state index contributed by atoms with van der Waals surface area (Å²) >= 11 is 3.59. The number of nitrogens with zero attached hydrogens (tertiary/aromatic N) is 1. The van der Waals surface area contributed by atoms with E-state index < -0.39 is 0 Å². The Kier molecular flexibility index (Phi) is 3.97. The van der Waals surface area contributed by atoms with Crippen molar-refractivity contribution in [2.24, 2.45) is 0 Å². The van der Waals surface area contributed by atoms with Crippen molar-refractivity contribution in [3.63, 3.8) is 0 Å². The summed E-state index contributed by atoms with van der Waals surface area (Å²) in [6.07, 6.45) is 7.53. The fraction of sp³-hybridized carbons (Fsp3) is 0.261. The highest BCUT2D eigenvalue weighted by molar-refractivity contribution is 9.10. The van der Waals surface area contributed by atoms with E-state index in [1.807, 2.05) is 6.92 Å². The van der Waals surface area contributed by atoms with E-state index in [9.17, 15) is 0 Å². The van der Waals surface area contributed by atoms with Gasteiger partial charge in [-0.2, -0.15) is 0 Å². The summed E-state index contributed by atoms with van der Waals surface area (Å²) in [4.78, 5) is 3.38. The Morgan fingerprint density at radius 1 is 1.26 bits per heavy atom. The largest absolute Gasteiger partial charge is 0.361 e. The van der Waals surface area contributed by atoms with E-state index >= 15 is 0 Å². The first-order valence-electron chi connectivity index (χ1n) is 9.52. The fourth-order valence-electron chi connectivity index (χ4n) is 4.58. The van der Waals surface area contributed by atoms with Crippen LogP contribution in [0.3, 0.4) is 0 Å². The van der Waals surface area contributed by atoms with Gasteiger partial charge >= 0.3 is 0 Å². The monoisotopic (exact) mass is 419 g/mol. The Morgan fingerprint density at radius 3 is 3.00 bits per heavy atom. The van der Waals surface area contributed by atoms with Crippen molar-refractivity contribution in [1.82, 2.24) is 9.55 Å². The van der Waals surface area contributed by atoms with Crippen LogP contribution in [0.1, 0.15) is 36.0 Å². The molecule has 4 heteroatoms. The van der Waals surface area contributed by atoms with Crippen molar-refractivity contribution in [2.75, 3.05) is 0 Å². The lowest BCUT2D eigenvalue weighted by Gasteiger charge is -2.19. The van der Waals surface area contributed by atoms with E-state index in [1.54, 1.807) is 0 Å². The number of aromatic amines is 1. The van der Waals surface area contributed by atoms with E-state index in [0.717, 1.165) is 29.4 Å². The highest BCUT2D eigenvalue weighted by atomic mass is 79.9. The van der Waals surface area contributed by atoms with Crippen LogP contribution in [-0.2, 0) is 19.4 Å². The van der Waals surface area contributed by atoms with Gasteiger partial charge in [0.15, 0.2) is 0 Å². The van der Waals surface area contributed by atoms with Crippen molar-refractivity contribution in [3.05, 3.63) is 70.0 Å². The zero-order chi connectivity index (χ0) is 18.5. The number of hydrogen-bond donors (Lipinski definition) is 2. The van der Waals surface area contributed by atoms with Crippen molar-refractivity contribution in [2.45, 2.75) is 38.6 Å². The molecular weight excluding hydrogens is 398 g/mol. The average molecular weight is 420 g/mol. The Labute approximate surface area is 167 Å². The summed E-state index contributed by atoms with van der Waals surface area (Å²) in [7, 11) is 0. The number of hydrogen-bond acceptors (Lipinski definition) is 1. The lowest BCUT2D eigenvalue weighted by atomic mass is 9.87. The van der Waals surface area contributed by atoms with Crippen LogP contribution in [0.25, 0.3) is 21.8 Å². The predicted octanol–water partition coefficient (Wildman–Crippen LogP) is 6.20. The van der Waals surface area contributed by atoms with Crippen molar-refractivity contribution in [1.29, 1.82) is 5.41 Å². The van der Waals surface area contributed by atoms with Crippen molar-refractivity contribution < 1.29 is 0 Å². The van der Waals surface area contributed by atoms with Gasteiger partial charge in [-0.25, -0.2) is 0 Å². The van der Waals surface area contributed by atoms with Gasteiger partial charge in [-0.05, 0) is 73.2 Å². The molecule has 3 nitrogen and oxygen atoms in total. The Morgan fingerprint density at radius 2 is 2.15 bits per heavy atom. The van der Waals surface area contributed by atoms with E-state index in [4.69, 9.17) is 5.41 Å². The third-order valence-electron chi connectivity index (χ3n) is 5.86. The lowest BCUT2D eigenvalue weighted by Crippen LogP contribution is -2.12. The maximum absolute atomic E-state index is 8.45. The second kappa shape index (κ2) is 6.38. The van der Waals surface area contributed by atoms with Gasteiger partial charge in [-0.15, -0.1) is 0 Å². The SMILES string of the molecule is CC(=N)C(Cc1cc2c3c(ccn3CCC2)c1)c1c[nH]c2ccc(Br)cc12. The molecule has 1 atom stereocenters. The number of nitrogens with one attached hydrogen (secondary N) is 2. The fourth-order valence-corrected chi connectivity index (χ4v) is 4.94. The van der Waals surface area contributed by atoms with Crippen LogP contribution < -0.4 is 0 Å². The standard InChI is InChI=1S/C23H22BrN3/c1-14(25)19(21-13-26-22-5-4-18(24)12-20(21)22)11-15-9-16-3-2-7-27-8-6-17(10-15)23(16)27/h4-6,8-10,12-13,19,25-26H,2-3,7,11H2,1H3. The zero-order valence-electron chi connectivity index (χ0n) is 15.3. The van der Waals surface area contributed by atoms with Crippen LogP contribution >= 0.6 is 15.9 Å². The number of benzene rings is 2. The molecule has 1 unspecified atom stereocenters. The van der Waals surface area contributed by atoms with Crippen molar-refractivity contribution in [3.8, 4) is 0 Å². The predicted molar refractivity (Wildman–Crippen MR) is 116 cm³/mol. The van der Waals surface area contributed by atoms with Crippen LogP contribution in [0.2, 0.25) is 0 Å². The van der Waals surface area contributed by atoms with Gasteiger partial charge in [0, 0.05) is 51.3 Å². The molecule has 1 aliphatic heterocycles. The maximum atomic E-state index is 8.45. The molecule has 0 aliphatic carbocycles. The second-order valence-electron chi connectivity index (χ2n) is 7.68. The van der Waals surface area contributed by atoms with E-state index in [0.29, 0.717) is 5.71 Å². The van der Waals surface area contributed by atoms with E-state index in [1.165, 1.54) is 39.4 Å². The van der Waals surface area contributed by atoms with Gasteiger partial charge in [-0.3, -0.25) is 0 Å². The topological polar surface area (TPSA) is 44.6 Å². The molecule has 27 heavy (non-hydrogen) atoms. The summed E-state index contributed by atoms with van der Waals surface area (Å²) in [5.41, 5.74) is 7.25. The van der Waals surface area contributed by atoms with Crippen LogP contribution in [0.4, 0.5) is 0 Å². The highest BCUT2D eigenvalue weighted by Crippen LogP contribution is 2.33. The Balaban J connectivity index is 1.58. The minimum atomic E-state index is 0.0865. The third-order valence-corrected chi connectivity index (χ3v) is 6.35. The van der Waals surface area contributed by atoms with Gasteiger partial charge in [-0.1, -0.05) is 22.0 Å². The van der Waals surface area contributed by atoms with Gasteiger partial charge in [0.25, 0.3) is 0 Å². The smallest absolute Gasteiger partial charge is 0.0513 e. The second-order valence-corrected chi connectivity index (χ2v) is 8.59. The summed E-state index contributed by atoms with van der Waals surface area (Å²) in [6, 6.07) is 13.2. The number of H-pyrrole nitrogens is 1. The molecule has 4 aromatic rings. The average Bonchev–Trinajstić information content (AvgIpc) is 3.25. The third kappa shape index (κ3) is 2.83. The summed E-state index contributed by atoms with van der Waals surface area (Å²) in [5.74, 6) is 0.0865. The summed E-state index contributed by atoms with van der Waals surface area (Å²) in [5, 5.41) is 11.0. The van der Waals surface area contributed by atoms with Gasteiger partial charge in [0.05, 0.1) is 5.52 Å². The zero-order valence-corrected chi connectivity index (χ0v) is 16.9. The minimum absolute atomic E-state index is 0.0865. The van der Waals surface area contributed by atoms with Crippen molar-refractivity contribution >= 4 is 43.4 Å². The van der Waals surface area contributed by atoms with E-state index in [-0.39, 0.29) is 5.92 Å². The highest BCUT2D eigenvalue weighted by Gasteiger charge is 2.21. The molecule has 2 aromatic carbocycles. The first kappa shape index (κ1) is 16.8. The number of aryl methyl sites for hydroxylation is 2. The number of fused-ring (bicyclic) bond motifs is 1. The molecule has 0 bridgehead atoms. The molecule has 1 aliphatic rings. The van der Waals surface area contributed by atoms with Gasteiger partial charge in [0.2, 0.25) is 0 Å². The van der Waals surface area contributed by atoms with E-state index in [2.05, 4.69) is 74.3 Å². The normalized spacial score (nSPS) is 14.7. The molecule has 2 N–H and O–H groups in total. The molecule has 0 spiro atoms. The van der Waals surface area contributed by atoms with Gasteiger partial charge in [0.1, 0.15) is 0 Å². The molecule has 0 amide bonds. The molecule has 5 rings (SSSR count). The maximum Gasteiger partial charge on any atom is 0.0513 e. The first-order valence-corrected chi connectivity index (χ1v) is 10.3.